The molecule has 2 aromatic carbocycles. The molecule has 180 valence electrons. The Morgan fingerprint density at radius 3 is 2.60 bits per heavy atom. The summed E-state index contributed by atoms with van der Waals surface area (Å²) >= 11 is 7.56. The number of halogens is 4. The zero-order valence-corrected chi connectivity index (χ0v) is 19.9. The van der Waals surface area contributed by atoms with Crippen molar-refractivity contribution in [3.8, 4) is 0 Å². The molecule has 0 atom stereocenters. The summed E-state index contributed by atoms with van der Waals surface area (Å²) in [5.41, 5.74) is 1.41. The highest BCUT2D eigenvalue weighted by Crippen LogP contribution is 2.28. The predicted molar refractivity (Wildman–Crippen MR) is 131 cm³/mol. The molecule has 0 aliphatic heterocycles. The highest BCUT2D eigenvalue weighted by molar-refractivity contribution is 7.18. The summed E-state index contributed by atoms with van der Waals surface area (Å²) in [7, 11) is 0. The van der Waals surface area contributed by atoms with Gasteiger partial charge in [-0.15, -0.1) is 11.3 Å². The number of benzene rings is 2. The first-order valence-corrected chi connectivity index (χ1v) is 11.8. The van der Waals surface area contributed by atoms with E-state index in [1.807, 2.05) is 25.1 Å². The third-order valence-electron chi connectivity index (χ3n) is 5.33. The molecule has 0 aliphatic carbocycles. The maximum absolute atomic E-state index is 13.1. The lowest BCUT2D eigenvalue weighted by molar-refractivity contribution is -0.140. The van der Waals surface area contributed by atoms with Crippen molar-refractivity contribution in [2.24, 2.45) is 0 Å². The van der Waals surface area contributed by atoms with Crippen LogP contribution in [-0.4, -0.2) is 30.3 Å². The number of nitrogens with zero attached hydrogens (tertiary/aromatic N) is 5. The van der Waals surface area contributed by atoms with Gasteiger partial charge in [0.25, 0.3) is 0 Å². The van der Waals surface area contributed by atoms with Crippen LogP contribution in [0, 0.1) is 0 Å². The van der Waals surface area contributed by atoms with E-state index < -0.39 is 18.3 Å². The molecule has 35 heavy (non-hydrogen) atoms. The number of hydrogen-bond acceptors (Lipinski definition) is 6. The first-order valence-electron chi connectivity index (χ1n) is 10.6. The number of thiazole rings is 1. The predicted octanol–water partition coefficient (Wildman–Crippen LogP) is 5.77. The van der Waals surface area contributed by atoms with Crippen molar-refractivity contribution < 1.29 is 13.2 Å². The molecule has 3 heterocycles. The van der Waals surface area contributed by atoms with Gasteiger partial charge in [0.1, 0.15) is 6.54 Å². The minimum atomic E-state index is -4.51. The molecule has 0 saturated carbocycles. The van der Waals surface area contributed by atoms with Crippen LogP contribution in [0.2, 0.25) is 5.02 Å². The quantitative estimate of drug-likeness (QED) is 0.309. The summed E-state index contributed by atoms with van der Waals surface area (Å²) in [5, 5.41) is 4.70. The molecule has 5 rings (SSSR count). The van der Waals surface area contributed by atoms with Gasteiger partial charge in [0, 0.05) is 10.7 Å². The second-order valence-electron chi connectivity index (χ2n) is 7.88. The SMILES string of the molecule is CCc1nc2ccc(Nc3nc(=O)c4c(ncn4CC(F)(F)F)n3Cc3ccc(Cl)cc3)cc2s1. The Morgan fingerprint density at radius 1 is 1.11 bits per heavy atom. The van der Waals surface area contributed by atoms with Gasteiger partial charge < -0.3 is 9.88 Å². The lowest BCUT2D eigenvalue weighted by atomic mass is 10.2. The minimum Gasteiger partial charge on any atom is -0.325 e. The molecule has 12 heteroatoms. The zero-order chi connectivity index (χ0) is 24.7. The Labute approximate surface area is 205 Å². The molecule has 0 amide bonds. The van der Waals surface area contributed by atoms with Gasteiger partial charge in [0.15, 0.2) is 11.2 Å². The second kappa shape index (κ2) is 8.97. The topological polar surface area (TPSA) is 77.6 Å². The first-order chi connectivity index (χ1) is 16.7. The maximum Gasteiger partial charge on any atom is 0.406 e. The number of nitrogens with one attached hydrogen (secondary N) is 1. The van der Waals surface area contributed by atoms with Crippen LogP contribution in [0.1, 0.15) is 17.5 Å². The van der Waals surface area contributed by atoms with Crippen LogP contribution < -0.4 is 10.9 Å². The fraction of sp³-hybridized carbons (Fsp3) is 0.217. The number of imidazole rings is 1. The Hall–Kier alpha value is -3.44. The number of fused-ring (bicyclic) bond motifs is 2. The maximum atomic E-state index is 13.1. The van der Waals surface area contributed by atoms with Crippen LogP contribution in [0.4, 0.5) is 24.8 Å². The largest absolute Gasteiger partial charge is 0.406 e. The van der Waals surface area contributed by atoms with E-state index in [4.69, 9.17) is 11.6 Å². The standard InChI is InChI=1S/C23H18ClF3N6OS/c1-2-18-30-16-8-7-15(9-17(16)35-18)29-22-31-21(34)19-20(28-12-32(19)11-23(25,26)27)33(22)10-13-3-5-14(24)6-4-13/h3-9,12H,2,10-11H2,1H3,(H,29,31,34). The molecule has 3 aromatic heterocycles. The van der Waals surface area contributed by atoms with E-state index in [0.717, 1.165) is 38.1 Å². The smallest absolute Gasteiger partial charge is 0.325 e. The number of aryl methyl sites for hydroxylation is 1. The lowest BCUT2D eigenvalue weighted by Gasteiger charge is -2.16. The molecular formula is C23H18ClF3N6OS. The Kier molecular flexibility index (Phi) is 5.97. The summed E-state index contributed by atoms with van der Waals surface area (Å²) in [6, 6.07) is 12.6. The van der Waals surface area contributed by atoms with Gasteiger partial charge in [-0.1, -0.05) is 30.7 Å². The van der Waals surface area contributed by atoms with Gasteiger partial charge in [0.05, 0.1) is 28.1 Å². The highest BCUT2D eigenvalue weighted by atomic mass is 35.5. The Morgan fingerprint density at radius 2 is 1.89 bits per heavy atom. The van der Waals surface area contributed by atoms with Crippen molar-refractivity contribution in [2.75, 3.05) is 5.32 Å². The molecule has 0 fully saturated rings. The van der Waals surface area contributed by atoms with Crippen molar-refractivity contribution >= 4 is 56.0 Å². The average Bonchev–Trinajstić information content (AvgIpc) is 3.40. The van der Waals surface area contributed by atoms with Gasteiger partial charge in [-0.25, -0.2) is 9.97 Å². The molecule has 0 spiro atoms. The summed E-state index contributed by atoms with van der Waals surface area (Å²) in [5.74, 6) is 0.161. The fourth-order valence-corrected chi connectivity index (χ4v) is 4.83. The van der Waals surface area contributed by atoms with E-state index >= 15 is 0 Å². The van der Waals surface area contributed by atoms with E-state index in [9.17, 15) is 18.0 Å². The van der Waals surface area contributed by atoms with Crippen LogP contribution in [0.3, 0.4) is 0 Å². The van der Waals surface area contributed by atoms with Crippen molar-refractivity contribution in [3.05, 3.63) is 74.7 Å². The van der Waals surface area contributed by atoms with Crippen LogP contribution in [0.5, 0.6) is 0 Å². The molecule has 0 bridgehead atoms. The molecule has 1 N–H and O–H groups in total. The third kappa shape index (κ3) is 4.87. The molecule has 5 aromatic rings. The number of aromatic nitrogens is 5. The van der Waals surface area contributed by atoms with Crippen LogP contribution in [-0.2, 0) is 19.5 Å². The van der Waals surface area contributed by atoms with Crippen LogP contribution in [0.15, 0.2) is 53.6 Å². The van der Waals surface area contributed by atoms with Crippen LogP contribution >= 0.6 is 22.9 Å². The Balaban J connectivity index is 1.62. The van der Waals surface area contributed by atoms with Gasteiger partial charge >= 0.3 is 11.7 Å². The van der Waals surface area contributed by atoms with Crippen molar-refractivity contribution in [3.63, 3.8) is 0 Å². The third-order valence-corrected chi connectivity index (χ3v) is 6.75. The number of anilines is 2. The number of alkyl halides is 3. The van der Waals surface area contributed by atoms with Crippen LogP contribution in [0.25, 0.3) is 21.4 Å². The summed E-state index contributed by atoms with van der Waals surface area (Å²) in [6.45, 7) is 0.897. The van der Waals surface area contributed by atoms with Gasteiger partial charge in [-0.05, 0) is 42.3 Å². The van der Waals surface area contributed by atoms with E-state index in [1.54, 1.807) is 40.2 Å². The lowest BCUT2D eigenvalue weighted by Crippen LogP contribution is -2.23. The van der Waals surface area contributed by atoms with Gasteiger partial charge in [-0.3, -0.25) is 9.36 Å². The summed E-state index contributed by atoms with van der Waals surface area (Å²) in [4.78, 5) is 25.7. The molecule has 0 aliphatic rings. The molecule has 7 nitrogen and oxygen atoms in total. The number of rotatable bonds is 6. The normalized spacial score (nSPS) is 12.0. The fourth-order valence-electron chi connectivity index (χ4n) is 3.76. The average molecular weight is 519 g/mol. The first kappa shape index (κ1) is 23.3. The van der Waals surface area contributed by atoms with Crippen molar-refractivity contribution in [1.82, 2.24) is 24.1 Å². The second-order valence-corrected chi connectivity index (χ2v) is 9.43. The summed E-state index contributed by atoms with van der Waals surface area (Å²) in [6.07, 6.45) is -2.68. The molecule has 0 radical (unpaired) electrons. The monoisotopic (exact) mass is 518 g/mol. The van der Waals surface area contributed by atoms with Gasteiger partial charge in [-0.2, -0.15) is 18.2 Å². The van der Waals surface area contributed by atoms with E-state index in [0.29, 0.717) is 10.7 Å². The number of hydrogen-bond donors (Lipinski definition) is 1. The van der Waals surface area contributed by atoms with Crippen molar-refractivity contribution in [2.45, 2.75) is 32.6 Å². The molecule has 0 unspecified atom stereocenters. The highest BCUT2D eigenvalue weighted by Gasteiger charge is 2.30. The van der Waals surface area contributed by atoms with E-state index in [-0.39, 0.29) is 23.7 Å². The molecular weight excluding hydrogens is 501 g/mol. The minimum absolute atomic E-state index is 0.0961. The van der Waals surface area contributed by atoms with E-state index in [1.165, 1.54) is 0 Å². The van der Waals surface area contributed by atoms with E-state index in [2.05, 4.69) is 20.3 Å². The molecule has 0 saturated heterocycles. The van der Waals surface area contributed by atoms with Crippen molar-refractivity contribution in [1.29, 1.82) is 0 Å². The zero-order valence-electron chi connectivity index (χ0n) is 18.3. The summed E-state index contributed by atoms with van der Waals surface area (Å²) < 4.78 is 42.6. The Bertz CT molecular complexity index is 1590. The van der Waals surface area contributed by atoms with Gasteiger partial charge in [0.2, 0.25) is 5.95 Å².